The van der Waals surface area contributed by atoms with Gasteiger partial charge in [0.05, 0.1) is 5.41 Å². The lowest BCUT2D eigenvalue weighted by molar-refractivity contribution is -0.125. The summed E-state index contributed by atoms with van der Waals surface area (Å²) in [4.78, 5) is 11.1. The van der Waals surface area contributed by atoms with Gasteiger partial charge in [0.2, 0.25) is 5.91 Å². The Morgan fingerprint density at radius 1 is 1.53 bits per heavy atom. The van der Waals surface area contributed by atoms with E-state index < -0.39 is 5.41 Å². The molecular weight excluding hydrogens is 188 g/mol. The third-order valence-corrected chi connectivity index (χ3v) is 3.47. The summed E-state index contributed by atoms with van der Waals surface area (Å²) in [5, 5.41) is 3.40. The predicted octanol–water partition coefficient (Wildman–Crippen LogP) is 1.67. The number of rotatable bonds is 6. The average molecular weight is 212 g/mol. The van der Waals surface area contributed by atoms with Crippen molar-refractivity contribution in [3.05, 3.63) is 0 Å². The molecule has 0 saturated heterocycles. The smallest absolute Gasteiger partial charge is 0.224 e. The maximum absolute atomic E-state index is 11.1. The Bertz CT molecular complexity index is 222. The van der Waals surface area contributed by atoms with Crippen LogP contribution in [0, 0.1) is 11.3 Å². The van der Waals surface area contributed by atoms with Gasteiger partial charge in [0.15, 0.2) is 0 Å². The van der Waals surface area contributed by atoms with E-state index in [4.69, 9.17) is 5.73 Å². The van der Waals surface area contributed by atoms with Crippen LogP contribution in [-0.2, 0) is 4.79 Å². The van der Waals surface area contributed by atoms with Crippen molar-refractivity contribution in [3.8, 4) is 0 Å². The third kappa shape index (κ3) is 3.82. The average Bonchev–Trinajstić information content (AvgIpc) is 2.08. The van der Waals surface area contributed by atoms with Gasteiger partial charge in [-0.05, 0) is 33.1 Å². The maximum atomic E-state index is 11.1. The van der Waals surface area contributed by atoms with Gasteiger partial charge in [0.1, 0.15) is 0 Å². The summed E-state index contributed by atoms with van der Waals surface area (Å²) < 4.78 is 0. The van der Waals surface area contributed by atoms with Gasteiger partial charge >= 0.3 is 0 Å². The minimum absolute atomic E-state index is 0.231. The molecule has 0 aromatic heterocycles. The number of amides is 1. The summed E-state index contributed by atoms with van der Waals surface area (Å²) in [5.74, 6) is 0.676. The zero-order chi connectivity index (χ0) is 11.5. The van der Waals surface area contributed by atoms with Crippen molar-refractivity contribution in [1.82, 2.24) is 5.32 Å². The summed E-state index contributed by atoms with van der Waals surface area (Å²) in [7, 11) is 0. The fraction of sp³-hybridized carbons (Fsp3) is 0.917. The van der Waals surface area contributed by atoms with E-state index in [0.29, 0.717) is 12.6 Å². The van der Waals surface area contributed by atoms with Crippen LogP contribution < -0.4 is 11.1 Å². The van der Waals surface area contributed by atoms with Crippen LogP contribution in [0.2, 0.25) is 0 Å². The van der Waals surface area contributed by atoms with Crippen LogP contribution >= 0.6 is 0 Å². The molecule has 15 heavy (non-hydrogen) atoms. The van der Waals surface area contributed by atoms with Crippen molar-refractivity contribution >= 4 is 5.91 Å². The zero-order valence-corrected chi connectivity index (χ0v) is 10.2. The number of hydrogen-bond donors (Lipinski definition) is 2. The minimum Gasteiger partial charge on any atom is -0.369 e. The summed E-state index contributed by atoms with van der Waals surface area (Å²) in [6.45, 7) is 6.64. The Morgan fingerprint density at radius 3 is 2.53 bits per heavy atom. The SMILES string of the molecule is CC(CC1CCC1)NCC(C)(C)C(N)=O. The largest absolute Gasteiger partial charge is 0.369 e. The lowest BCUT2D eigenvalue weighted by Gasteiger charge is -2.30. The first-order valence-electron chi connectivity index (χ1n) is 5.95. The third-order valence-electron chi connectivity index (χ3n) is 3.47. The van der Waals surface area contributed by atoms with Crippen molar-refractivity contribution in [2.24, 2.45) is 17.1 Å². The van der Waals surface area contributed by atoms with Crippen LogP contribution in [0.15, 0.2) is 0 Å². The van der Waals surface area contributed by atoms with E-state index in [1.807, 2.05) is 13.8 Å². The van der Waals surface area contributed by atoms with E-state index in [1.165, 1.54) is 25.7 Å². The molecule has 88 valence electrons. The molecule has 0 spiro atoms. The predicted molar refractivity (Wildman–Crippen MR) is 62.4 cm³/mol. The quantitative estimate of drug-likeness (QED) is 0.703. The summed E-state index contributed by atoms with van der Waals surface area (Å²) in [6.07, 6.45) is 5.38. The molecule has 0 radical (unpaired) electrons. The highest BCUT2D eigenvalue weighted by Gasteiger charge is 2.26. The molecule has 0 heterocycles. The molecule has 1 atom stereocenters. The van der Waals surface area contributed by atoms with Crippen LogP contribution in [-0.4, -0.2) is 18.5 Å². The van der Waals surface area contributed by atoms with Gasteiger partial charge in [-0.2, -0.15) is 0 Å². The monoisotopic (exact) mass is 212 g/mol. The van der Waals surface area contributed by atoms with Crippen LogP contribution in [0.5, 0.6) is 0 Å². The second kappa shape index (κ2) is 4.97. The highest BCUT2D eigenvalue weighted by Crippen LogP contribution is 2.30. The van der Waals surface area contributed by atoms with Crippen molar-refractivity contribution in [3.63, 3.8) is 0 Å². The lowest BCUT2D eigenvalue weighted by atomic mass is 9.81. The number of nitrogens with two attached hydrogens (primary N) is 1. The molecule has 0 aliphatic heterocycles. The first-order valence-corrected chi connectivity index (χ1v) is 5.95. The van der Waals surface area contributed by atoms with Gasteiger partial charge in [0, 0.05) is 12.6 Å². The van der Waals surface area contributed by atoms with Crippen LogP contribution in [0.25, 0.3) is 0 Å². The Kier molecular flexibility index (Phi) is 4.14. The molecule has 1 rings (SSSR count). The topological polar surface area (TPSA) is 55.1 Å². The van der Waals surface area contributed by atoms with Crippen molar-refractivity contribution in [1.29, 1.82) is 0 Å². The van der Waals surface area contributed by atoms with Gasteiger partial charge in [-0.15, -0.1) is 0 Å². The zero-order valence-electron chi connectivity index (χ0n) is 10.2. The molecule has 3 heteroatoms. The molecule has 3 nitrogen and oxygen atoms in total. The van der Waals surface area contributed by atoms with Gasteiger partial charge in [-0.1, -0.05) is 19.3 Å². The van der Waals surface area contributed by atoms with E-state index in [-0.39, 0.29) is 5.91 Å². The van der Waals surface area contributed by atoms with Crippen molar-refractivity contribution < 1.29 is 4.79 Å². The lowest BCUT2D eigenvalue weighted by Crippen LogP contribution is -2.43. The first-order chi connectivity index (χ1) is 6.92. The summed E-state index contributed by atoms with van der Waals surface area (Å²) in [5.41, 5.74) is 4.88. The number of hydrogen-bond acceptors (Lipinski definition) is 2. The maximum Gasteiger partial charge on any atom is 0.224 e. The van der Waals surface area contributed by atoms with Gasteiger partial charge in [-0.25, -0.2) is 0 Å². The van der Waals surface area contributed by atoms with E-state index >= 15 is 0 Å². The fourth-order valence-corrected chi connectivity index (χ4v) is 1.83. The molecule has 1 aliphatic rings. The molecule has 1 unspecified atom stereocenters. The number of primary amides is 1. The fourth-order valence-electron chi connectivity index (χ4n) is 1.83. The minimum atomic E-state index is -0.437. The normalized spacial score (nSPS) is 19.7. The molecule has 0 aromatic rings. The highest BCUT2D eigenvalue weighted by atomic mass is 16.1. The van der Waals surface area contributed by atoms with Crippen molar-refractivity contribution in [2.45, 2.75) is 52.5 Å². The molecule has 1 amide bonds. The first kappa shape index (κ1) is 12.5. The molecule has 3 N–H and O–H groups in total. The van der Waals surface area contributed by atoms with E-state index in [1.54, 1.807) is 0 Å². The van der Waals surface area contributed by atoms with Crippen LogP contribution in [0.1, 0.15) is 46.5 Å². The number of carbonyl (C=O) groups is 1. The highest BCUT2D eigenvalue weighted by molar-refractivity contribution is 5.80. The Morgan fingerprint density at radius 2 is 2.13 bits per heavy atom. The Balaban J connectivity index is 2.20. The van der Waals surface area contributed by atoms with Crippen LogP contribution in [0.3, 0.4) is 0 Å². The Hall–Kier alpha value is -0.570. The molecular formula is C12H24N2O. The molecule has 1 aliphatic carbocycles. The summed E-state index contributed by atoms with van der Waals surface area (Å²) in [6, 6.07) is 0.494. The van der Waals surface area contributed by atoms with Crippen molar-refractivity contribution in [2.75, 3.05) is 6.54 Å². The van der Waals surface area contributed by atoms with Gasteiger partial charge < -0.3 is 11.1 Å². The summed E-state index contributed by atoms with van der Waals surface area (Å²) >= 11 is 0. The Labute approximate surface area is 92.8 Å². The molecule has 1 fully saturated rings. The number of carbonyl (C=O) groups excluding carboxylic acids is 1. The van der Waals surface area contributed by atoms with E-state index in [0.717, 1.165) is 5.92 Å². The second-order valence-electron chi connectivity index (χ2n) is 5.56. The van der Waals surface area contributed by atoms with Crippen LogP contribution in [0.4, 0.5) is 0 Å². The van der Waals surface area contributed by atoms with Gasteiger partial charge in [0.25, 0.3) is 0 Å². The van der Waals surface area contributed by atoms with E-state index in [2.05, 4.69) is 12.2 Å². The number of nitrogens with one attached hydrogen (secondary N) is 1. The van der Waals surface area contributed by atoms with E-state index in [9.17, 15) is 4.79 Å². The second-order valence-corrected chi connectivity index (χ2v) is 5.56. The molecule has 0 aromatic carbocycles. The standard InChI is InChI=1S/C12H24N2O/c1-9(7-10-5-4-6-10)14-8-12(2,3)11(13)15/h9-10,14H,4-8H2,1-3H3,(H2,13,15). The molecule has 0 bridgehead atoms. The molecule has 1 saturated carbocycles. The van der Waals surface area contributed by atoms with Gasteiger partial charge in [-0.3, -0.25) is 4.79 Å².